The number of fused-ring (bicyclic) bond motifs is 2. The van der Waals surface area contributed by atoms with Crippen molar-refractivity contribution >= 4 is 11.5 Å². The second-order valence-electron chi connectivity index (χ2n) is 10.9. The van der Waals surface area contributed by atoms with Gasteiger partial charge in [-0.3, -0.25) is 4.79 Å². The van der Waals surface area contributed by atoms with Gasteiger partial charge in [-0.25, -0.2) is 8.78 Å². The van der Waals surface area contributed by atoms with Gasteiger partial charge < -0.3 is 28.4 Å². The van der Waals surface area contributed by atoms with Crippen LogP contribution in [0.1, 0.15) is 48.5 Å². The van der Waals surface area contributed by atoms with Crippen LogP contribution in [0.2, 0.25) is 0 Å². The van der Waals surface area contributed by atoms with Gasteiger partial charge >= 0.3 is 5.97 Å². The maximum atomic E-state index is 15.1. The van der Waals surface area contributed by atoms with E-state index in [-0.39, 0.29) is 23.7 Å². The molecule has 3 aromatic rings. The minimum Gasteiger partial charge on any atom is -0.490 e. The molecule has 2 fully saturated rings. The van der Waals surface area contributed by atoms with E-state index >= 15 is 4.39 Å². The molecule has 0 spiro atoms. The van der Waals surface area contributed by atoms with Crippen molar-refractivity contribution in [2.45, 2.75) is 44.3 Å². The maximum Gasteiger partial charge on any atom is 0.313 e. The Morgan fingerprint density at radius 3 is 2.50 bits per heavy atom. The van der Waals surface area contributed by atoms with Gasteiger partial charge in [-0.1, -0.05) is 0 Å². The van der Waals surface area contributed by atoms with Crippen molar-refractivity contribution in [3.05, 3.63) is 82.4 Å². The summed E-state index contributed by atoms with van der Waals surface area (Å²) in [4.78, 5) is 11.9. The first kappa shape index (κ1) is 26.8. The fourth-order valence-corrected chi connectivity index (χ4v) is 6.06. The van der Waals surface area contributed by atoms with Gasteiger partial charge in [-0.05, 0) is 61.2 Å². The monoisotopic (exact) mass is 576 g/mol. The molecule has 3 aromatic carbocycles. The van der Waals surface area contributed by atoms with Crippen LogP contribution >= 0.6 is 0 Å². The SMILES string of the molecule is COC(=O)C1CC1=C1COc2cc(OC3CCc4c(Oc5ccc(OC6CCOCC6)cc5F)ccc(F)c43)ccc21. The van der Waals surface area contributed by atoms with E-state index in [0.29, 0.717) is 73.2 Å². The predicted octanol–water partition coefficient (Wildman–Crippen LogP) is 6.72. The highest BCUT2D eigenvalue weighted by Crippen LogP contribution is 2.49. The Labute approximate surface area is 241 Å². The Bertz CT molecular complexity index is 1580. The fraction of sp³-hybridized carbons (Fsp3) is 0.364. The third kappa shape index (κ3) is 5.06. The van der Waals surface area contributed by atoms with E-state index in [1.54, 1.807) is 12.1 Å². The number of hydrogen-bond acceptors (Lipinski definition) is 7. The number of carbonyl (C=O) groups is 1. The normalized spacial score (nSPS) is 22.6. The lowest BCUT2D eigenvalue weighted by atomic mass is 10.1. The highest BCUT2D eigenvalue weighted by atomic mass is 19.1. The first-order valence-electron chi connectivity index (χ1n) is 14.2. The first-order valence-corrected chi connectivity index (χ1v) is 14.2. The van der Waals surface area contributed by atoms with Crippen LogP contribution < -0.4 is 18.9 Å². The molecular formula is C33H30F2O7. The summed E-state index contributed by atoms with van der Waals surface area (Å²) in [5, 5.41) is 0. The molecule has 0 amide bonds. The molecule has 7 nitrogen and oxygen atoms in total. The summed E-state index contributed by atoms with van der Waals surface area (Å²) in [5.74, 6) is 0.721. The summed E-state index contributed by atoms with van der Waals surface area (Å²) in [7, 11) is 1.39. The highest BCUT2D eigenvalue weighted by Gasteiger charge is 2.42. The largest absolute Gasteiger partial charge is 0.490 e. The van der Waals surface area contributed by atoms with E-state index in [4.69, 9.17) is 28.4 Å². The smallest absolute Gasteiger partial charge is 0.313 e. The van der Waals surface area contributed by atoms with E-state index in [9.17, 15) is 9.18 Å². The molecule has 9 heteroatoms. The molecule has 1 saturated carbocycles. The molecule has 0 aromatic heterocycles. The van der Waals surface area contributed by atoms with Gasteiger partial charge in [-0.15, -0.1) is 0 Å². The minimum absolute atomic E-state index is 0.00403. The molecule has 0 N–H and O–H groups in total. The van der Waals surface area contributed by atoms with Crippen molar-refractivity contribution in [1.29, 1.82) is 0 Å². The topological polar surface area (TPSA) is 72.5 Å². The Hall–Kier alpha value is -4.11. The van der Waals surface area contributed by atoms with E-state index in [2.05, 4.69) is 0 Å². The van der Waals surface area contributed by atoms with Crippen molar-refractivity contribution < 1.29 is 42.0 Å². The number of methoxy groups -OCH3 is 1. The van der Waals surface area contributed by atoms with Gasteiger partial charge in [0.15, 0.2) is 11.6 Å². The molecule has 42 heavy (non-hydrogen) atoms. The van der Waals surface area contributed by atoms with Crippen LogP contribution in [0.25, 0.3) is 5.57 Å². The fourth-order valence-electron chi connectivity index (χ4n) is 6.06. The van der Waals surface area contributed by atoms with E-state index < -0.39 is 17.7 Å². The van der Waals surface area contributed by atoms with Crippen LogP contribution in [0.4, 0.5) is 8.78 Å². The molecule has 2 atom stereocenters. The van der Waals surface area contributed by atoms with Crippen LogP contribution in [0.3, 0.4) is 0 Å². The summed E-state index contributed by atoms with van der Waals surface area (Å²) in [5.41, 5.74) is 4.07. The maximum absolute atomic E-state index is 15.1. The van der Waals surface area contributed by atoms with Gasteiger partial charge in [0.25, 0.3) is 0 Å². The summed E-state index contributed by atoms with van der Waals surface area (Å²) in [6.07, 6.45) is 2.74. The Morgan fingerprint density at radius 1 is 0.905 bits per heavy atom. The number of carbonyl (C=O) groups excluding carboxylic acids is 1. The number of halogens is 2. The predicted molar refractivity (Wildman–Crippen MR) is 148 cm³/mol. The third-order valence-corrected chi connectivity index (χ3v) is 8.32. The average molecular weight is 577 g/mol. The number of rotatable bonds is 7. The number of benzene rings is 3. The molecule has 4 aliphatic rings. The lowest BCUT2D eigenvalue weighted by Crippen LogP contribution is -2.25. The van der Waals surface area contributed by atoms with Crippen LogP contribution in [-0.4, -0.2) is 39.0 Å². The zero-order valence-corrected chi connectivity index (χ0v) is 23.1. The molecule has 2 unspecified atom stereocenters. The van der Waals surface area contributed by atoms with Crippen molar-refractivity contribution in [3.8, 4) is 28.7 Å². The number of hydrogen-bond donors (Lipinski definition) is 0. The van der Waals surface area contributed by atoms with Gasteiger partial charge in [0, 0.05) is 47.2 Å². The van der Waals surface area contributed by atoms with Gasteiger partial charge in [0.1, 0.15) is 47.6 Å². The Balaban J connectivity index is 1.06. The number of ether oxygens (including phenoxy) is 6. The van der Waals surface area contributed by atoms with E-state index in [1.165, 1.54) is 31.4 Å². The standard InChI is InChI=1S/C33H30F2O7/c1-37-33(36)24-16-23(24)25-17-39-31-15-20(2-4-21(25)31)41-30-8-5-22-28(9-6-26(34)32(22)30)42-29-7-3-19(14-27(29)35)40-18-10-12-38-13-11-18/h2-4,6-7,9,14-15,18,24,30H,5,8,10-13,16-17H2,1H3. The summed E-state index contributed by atoms with van der Waals surface area (Å²) >= 11 is 0. The van der Waals surface area contributed by atoms with Crippen molar-refractivity contribution in [2.24, 2.45) is 5.92 Å². The van der Waals surface area contributed by atoms with Crippen molar-refractivity contribution in [2.75, 3.05) is 26.9 Å². The highest BCUT2D eigenvalue weighted by molar-refractivity contribution is 5.89. The molecule has 218 valence electrons. The summed E-state index contributed by atoms with van der Waals surface area (Å²) < 4.78 is 64.3. The summed E-state index contributed by atoms with van der Waals surface area (Å²) in [6.45, 7) is 1.66. The van der Waals surface area contributed by atoms with Gasteiger partial charge in [-0.2, -0.15) is 0 Å². The molecule has 1 saturated heterocycles. The van der Waals surface area contributed by atoms with Gasteiger partial charge in [0.05, 0.1) is 26.2 Å². The quantitative estimate of drug-likeness (QED) is 0.289. The second kappa shape index (κ2) is 10.9. The lowest BCUT2D eigenvalue weighted by molar-refractivity contribution is -0.141. The van der Waals surface area contributed by atoms with Crippen molar-refractivity contribution in [1.82, 2.24) is 0 Å². The molecule has 2 aliphatic heterocycles. The molecule has 2 heterocycles. The van der Waals surface area contributed by atoms with Crippen LogP contribution in [0.5, 0.6) is 28.7 Å². The van der Waals surface area contributed by atoms with Gasteiger partial charge in [0.2, 0.25) is 0 Å². The summed E-state index contributed by atoms with van der Waals surface area (Å²) in [6, 6.07) is 12.9. The van der Waals surface area contributed by atoms with E-state index in [1.807, 2.05) is 12.1 Å². The minimum atomic E-state index is -0.556. The van der Waals surface area contributed by atoms with Crippen LogP contribution in [-0.2, 0) is 20.7 Å². The third-order valence-electron chi connectivity index (χ3n) is 8.32. The van der Waals surface area contributed by atoms with Crippen LogP contribution in [0, 0.1) is 17.6 Å². The van der Waals surface area contributed by atoms with Crippen LogP contribution in [0.15, 0.2) is 54.1 Å². The molecule has 0 radical (unpaired) electrons. The molecule has 7 rings (SSSR count). The zero-order chi connectivity index (χ0) is 28.8. The van der Waals surface area contributed by atoms with Crippen molar-refractivity contribution in [3.63, 3.8) is 0 Å². The Morgan fingerprint density at radius 2 is 1.69 bits per heavy atom. The lowest BCUT2D eigenvalue weighted by Gasteiger charge is -2.23. The molecular weight excluding hydrogens is 546 g/mol. The molecule has 2 aliphatic carbocycles. The second-order valence-corrected chi connectivity index (χ2v) is 10.9. The Kier molecular flexibility index (Phi) is 6.98. The number of esters is 1. The molecule has 0 bridgehead atoms. The first-order chi connectivity index (χ1) is 20.5. The average Bonchev–Trinajstić information content (AvgIpc) is 3.50. The zero-order valence-electron chi connectivity index (χ0n) is 23.1. The van der Waals surface area contributed by atoms with E-state index in [0.717, 1.165) is 29.6 Å².